The van der Waals surface area contributed by atoms with Crippen molar-refractivity contribution in [3.05, 3.63) is 45.9 Å². The van der Waals surface area contributed by atoms with E-state index in [4.69, 9.17) is 0 Å². The zero-order valence-corrected chi connectivity index (χ0v) is 14.4. The predicted molar refractivity (Wildman–Crippen MR) is 91.5 cm³/mol. The number of aryl methyl sites for hydroxylation is 1. The van der Waals surface area contributed by atoms with Crippen LogP contribution in [0.2, 0.25) is 0 Å². The Balaban J connectivity index is 1.92. The third-order valence-electron chi connectivity index (χ3n) is 3.41. The Morgan fingerprint density at radius 1 is 1.39 bits per heavy atom. The second-order valence-electron chi connectivity index (χ2n) is 5.43. The average molecular weight is 334 g/mol. The molecule has 7 heteroatoms. The summed E-state index contributed by atoms with van der Waals surface area (Å²) in [7, 11) is 0. The highest BCUT2D eigenvalue weighted by Gasteiger charge is 2.18. The fourth-order valence-electron chi connectivity index (χ4n) is 2.06. The van der Waals surface area contributed by atoms with E-state index in [2.05, 4.69) is 15.5 Å². The van der Waals surface area contributed by atoms with Crippen LogP contribution in [-0.4, -0.2) is 25.9 Å². The number of aromatic nitrogens is 3. The molecule has 0 saturated carbocycles. The summed E-state index contributed by atoms with van der Waals surface area (Å²) in [6.45, 7) is 6.92. The monoisotopic (exact) mass is 334 g/mol. The van der Waals surface area contributed by atoms with E-state index in [1.807, 2.05) is 45.0 Å². The zero-order valence-electron chi connectivity index (χ0n) is 13.6. The molecule has 1 aromatic carbocycles. The highest BCUT2D eigenvalue weighted by Crippen LogP contribution is 2.20. The zero-order chi connectivity index (χ0) is 16.8. The topological polar surface area (TPSA) is 79.8 Å². The summed E-state index contributed by atoms with van der Waals surface area (Å²) in [5, 5.41) is 9.56. The molecule has 0 unspecified atom stereocenters. The predicted octanol–water partition coefficient (Wildman–Crippen LogP) is 2.09. The minimum absolute atomic E-state index is 0.0749. The number of amides is 1. The first-order chi connectivity index (χ1) is 11.0. The molecule has 0 spiro atoms. The van der Waals surface area contributed by atoms with Crippen molar-refractivity contribution in [3.8, 4) is 0 Å². The standard InChI is InChI=1S/C16H22N4O2S/c1-4-9-20-15(22)18-19-16(20)23-12(3)14(21)17-10-13-7-5-11(2)6-8-13/h5-8,12H,4,9-10H2,1-3H3,(H,17,21)(H,18,22)/t12-/m1/s1. The van der Waals surface area contributed by atoms with Gasteiger partial charge in [0.25, 0.3) is 0 Å². The van der Waals surface area contributed by atoms with E-state index >= 15 is 0 Å². The van der Waals surface area contributed by atoms with Gasteiger partial charge in [-0.3, -0.25) is 9.36 Å². The van der Waals surface area contributed by atoms with Gasteiger partial charge in [-0.25, -0.2) is 9.89 Å². The minimum Gasteiger partial charge on any atom is -0.351 e. The van der Waals surface area contributed by atoms with Crippen LogP contribution in [0.1, 0.15) is 31.4 Å². The molecule has 2 aromatic rings. The van der Waals surface area contributed by atoms with E-state index in [1.165, 1.54) is 17.3 Å². The molecular weight excluding hydrogens is 312 g/mol. The normalized spacial score (nSPS) is 12.1. The Morgan fingerprint density at radius 3 is 2.74 bits per heavy atom. The van der Waals surface area contributed by atoms with Crippen LogP contribution in [-0.2, 0) is 17.9 Å². The summed E-state index contributed by atoms with van der Waals surface area (Å²) in [6, 6.07) is 8.04. The summed E-state index contributed by atoms with van der Waals surface area (Å²) >= 11 is 1.29. The lowest BCUT2D eigenvalue weighted by Crippen LogP contribution is -2.30. The van der Waals surface area contributed by atoms with Gasteiger partial charge in [0.2, 0.25) is 5.91 Å². The van der Waals surface area contributed by atoms with Gasteiger partial charge in [-0.2, -0.15) is 0 Å². The molecule has 2 N–H and O–H groups in total. The first-order valence-electron chi connectivity index (χ1n) is 7.66. The Kier molecular flexibility index (Phi) is 6.04. The van der Waals surface area contributed by atoms with Crippen LogP contribution < -0.4 is 11.0 Å². The number of aromatic amines is 1. The molecule has 0 aliphatic rings. The van der Waals surface area contributed by atoms with Crippen LogP contribution in [0.25, 0.3) is 0 Å². The van der Waals surface area contributed by atoms with Gasteiger partial charge in [0.05, 0.1) is 5.25 Å². The smallest absolute Gasteiger partial charge is 0.343 e. The molecule has 6 nitrogen and oxygen atoms in total. The average Bonchev–Trinajstić information content (AvgIpc) is 2.87. The van der Waals surface area contributed by atoms with Gasteiger partial charge in [0.15, 0.2) is 5.16 Å². The summed E-state index contributed by atoms with van der Waals surface area (Å²) in [5.74, 6) is -0.0749. The van der Waals surface area contributed by atoms with Crippen LogP contribution in [0.5, 0.6) is 0 Å². The number of nitrogens with one attached hydrogen (secondary N) is 2. The second-order valence-corrected chi connectivity index (χ2v) is 6.73. The van der Waals surface area contributed by atoms with Crippen molar-refractivity contribution >= 4 is 17.7 Å². The number of thioether (sulfide) groups is 1. The SMILES string of the molecule is CCCn1c(S[C@H](C)C(=O)NCc2ccc(C)cc2)n[nH]c1=O. The molecule has 1 aromatic heterocycles. The first kappa shape index (κ1) is 17.3. The maximum atomic E-state index is 12.2. The fraction of sp³-hybridized carbons (Fsp3) is 0.438. The molecule has 1 amide bonds. The van der Waals surface area contributed by atoms with Crippen LogP contribution in [0.15, 0.2) is 34.2 Å². The summed E-state index contributed by atoms with van der Waals surface area (Å²) in [5.41, 5.74) is 2.02. The lowest BCUT2D eigenvalue weighted by Gasteiger charge is -2.12. The molecule has 124 valence electrons. The Bertz CT molecular complexity index is 706. The number of H-pyrrole nitrogens is 1. The third-order valence-corrected chi connectivity index (χ3v) is 4.50. The number of carbonyl (C=O) groups is 1. The second kappa shape index (κ2) is 8.01. The highest BCUT2D eigenvalue weighted by atomic mass is 32.2. The van der Waals surface area contributed by atoms with Crippen molar-refractivity contribution < 1.29 is 4.79 Å². The molecule has 1 heterocycles. The maximum absolute atomic E-state index is 12.2. The van der Waals surface area contributed by atoms with Crippen LogP contribution in [0.3, 0.4) is 0 Å². The van der Waals surface area contributed by atoms with Crippen molar-refractivity contribution in [3.63, 3.8) is 0 Å². The summed E-state index contributed by atoms with van der Waals surface area (Å²) in [4.78, 5) is 23.9. The van der Waals surface area contributed by atoms with Crippen molar-refractivity contribution in [2.45, 2.75) is 50.7 Å². The van der Waals surface area contributed by atoms with Gasteiger partial charge in [-0.15, -0.1) is 5.10 Å². The van der Waals surface area contributed by atoms with Gasteiger partial charge >= 0.3 is 5.69 Å². The van der Waals surface area contributed by atoms with Gasteiger partial charge in [-0.1, -0.05) is 48.5 Å². The Morgan fingerprint density at radius 2 is 2.09 bits per heavy atom. The quantitative estimate of drug-likeness (QED) is 0.760. The van der Waals surface area contributed by atoms with Gasteiger partial charge in [-0.05, 0) is 25.8 Å². The molecular formula is C16H22N4O2S. The van der Waals surface area contributed by atoms with Crippen molar-refractivity contribution in [2.75, 3.05) is 0 Å². The number of hydrogen-bond acceptors (Lipinski definition) is 4. The number of nitrogens with zero attached hydrogens (tertiary/aromatic N) is 2. The van der Waals surface area contributed by atoms with Crippen molar-refractivity contribution in [2.24, 2.45) is 0 Å². The third kappa shape index (κ3) is 4.72. The maximum Gasteiger partial charge on any atom is 0.343 e. The van der Waals surface area contributed by atoms with Gasteiger partial charge in [0, 0.05) is 13.1 Å². The van der Waals surface area contributed by atoms with E-state index in [1.54, 1.807) is 4.57 Å². The molecule has 0 fully saturated rings. The summed E-state index contributed by atoms with van der Waals surface area (Å²) < 4.78 is 1.56. The largest absolute Gasteiger partial charge is 0.351 e. The molecule has 1 atom stereocenters. The molecule has 0 bridgehead atoms. The minimum atomic E-state index is -0.328. The van der Waals surface area contributed by atoms with Crippen LogP contribution in [0.4, 0.5) is 0 Å². The van der Waals surface area contributed by atoms with E-state index in [9.17, 15) is 9.59 Å². The number of carbonyl (C=O) groups excluding carboxylic acids is 1. The van der Waals surface area contributed by atoms with Crippen LogP contribution >= 0.6 is 11.8 Å². The highest BCUT2D eigenvalue weighted by molar-refractivity contribution is 8.00. The van der Waals surface area contributed by atoms with Crippen LogP contribution in [0, 0.1) is 6.92 Å². The lowest BCUT2D eigenvalue weighted by molar-refractivity contribution is -0.120. The van der Waals surface area contributed by atoms with Gasteiger partial charge in [0.1, 0.15) is 0 Å². The molecule has 0 saturated heterocycles. The summed E-state index contributed by atoms with van der Waals surface area (Å²) in [6.07, 6.45) is 0.834. The van der Waals surface area contributed by atoms with E-state index in [-0.39, 0.29) is 16.8 Å². The van der Waals surface area contributed by atoms with Crippen molar-refractivity contribution in [1.29, 1.82) is 0 Å². The lowest BCUT2D eigenvalue weighted by atomic mass is 10.1. The molecule has 0 radical (unpaired) electrons. The Hall–Kier alpha value is -2.02. The van der Waals surface area contributed by atoms with Crippen molar-refractivity contribution in [1.82, 2.24) is 20.1 Å². The number of hydrogen-bond donors (Lipinski definition) is 2. The molecule has 0 aliphatic carbocycles. The first-order valence-corrected chi connectivity index (χ1v) is 8.54. The van der Waals surface area contributed by atoms with E-state index < -0.39 is 0 Å². The van der Waals surface area contributed by atoms with Gasteiger partial charge < -0.3 is 5.32 Å². The number of benzene rings is 1. The Labute approximate surface area is 139 Å². The molecule has 2 rings (SSSR count). The molecule has 23 heavy (non-hydrogen) atoms. The number of rotatable bonds is 7. The van der Waals surface area contributed by atoms with E-state index in [0.29, 0.717) is 18.2 Å². The van der Waals surface area contributed by atoms with E-state index in [0.717, 1.165) is 12.0 Å². The fourth-order valence-corrected chi connectivity index (χ4v) is 2.97. The molecule has 0 aliphatic heterocycles.